The van der Waals surface area contributed by atoms with E-state index in [2.05, 4.69) is 42.5 Å². The van der Waals surface area contributed by atoms with Gasteiger partial charge in [0.2, 0.25) is 47.3 Å². The van der Waals surface area contributed by atoms with Crippen molar-refractivity contribution in [2.24, 2.45) is 17.6 Å². The van der Waals surface area contributed by atoms with Gasteiger partial charge in [0.05, 0.1) is 73.5 Å². The molecule has 432 valence electrons. The van der Waals surface area contributed by atoms with E-state index in [4.69, 9.17) is 15.2 Å². The van der Waals surface area contributed by atoms with Crippen LogP contribution in [-0.2, 0) is 71.7 Å². The van der Waals surface area contributed by atoms with Crippen LogP contribution in [0.2, 0.25) is 0 Å². The number of methoxy groups -OCH3 is 1. The van der Waals surface area contributed by atoms with Crippen LogP contribution < -0.4 is 53.0 Å². The number of carbonyl (C=O) groups excluding carboxylic acids is 10. The minimum atomic E-state index is -2.44. The van der Waals surface area contributed by atoms with Crippen molar-refractivity contribution >= 4 is 81.3 Å². The Morgan fingerprint density at radius 3 is 2.24 bits per heavy atom. The third-order valence-electron chi connectivity index (χ3n) is 13.8. The number of aldehydes is 1. The molecule has 13 N–H and O–H groups in total. The van der Waals surface area contributed by atoms with E-state index in [9.17, 15) is 58.5 Å². The molecule has 9 amide bonds. The second-order valence-corrected chi connectivity index (χ2v) is 22.3. The molecule has 2 aromatic rings. The SMILES string of the molecule is CC[C@H](C)[C@@H]1NC(=O)CNC(=O)C2Cc3c(n(CCCCCNC(=O)OC(C)(C)C)c4cc(OC)ccc34)[S@](=O)CC(NC(=O)CNC1=O)C(=O)N[C@@H](CC(N)=O)C(=O)N1C[C@H](O)C[C@]1(C=O)N[C@@H]([C@@H](C)[C@@H](O)CO)C(=O)N2. The minimum absolute atomic E-state index is 0.0184. The minimum Gasteiger partial charge on any atom is -0.497 e. The number of rotatable bonds is 15. The number of amides is 9. The molecule has 1 saturated heterocycles. The molecule has 1 aromatic heterocycles. The molecule has 5 rings (SSSR count). The number of nitrogens with zero attached hydrogens (tertiary/aromatic N) is 2. The maximum absolute atomic E-state index is 15.6. The van der Waals surface area contributed by atoms with Crippen LogP contribution >= 0.6 is 0 Å². The Labute approximate surface area is 453 Å². The van der Waals surface area contributed by atoms with Crippen molar-refractivity contribution in [1.82, 2.24) is 52.0 Å². The Kier molecular flexibility index (Phi) is 21.7. The van der Waals surface area contributed by atoms with Crippen LogP contribution in [0.3, 0.4) is 0 Å². The van der Waals surface area contributed by atoms with Crippen LogP contribution in [0.15, 0.2) is 23.2 Å². The molecular formula is C50H75N11O16S. The van der Waals surface area contributed by atoms with Crippen molar-refractivity contribution in [3.05, 3.63) is 23.8 Å². The van der Waals surface area contributed by atoms with E-state index in [1.54, 1.807) is 57.4 Å². The van der Waals surface area contributed by atoms with E-state index in [-0.39, 0.29) is 30.0 Å². The molecule has 3 aliphatic rings. The summed E-state index contributed by atoms with van der Waals surface area (Å²) in [4.78, 5) is 140. The van der Waals surface area contributed by atoms with Crippen molar-refractivity contribution in [3.8, 4) is 5.75 Å². The number of aliphatic hydroxyl groups excluding tert-OH is 3. The van der Waals surface area contributed by atoms with Crippen LogP contribution in [0.25, 0.3) is 10.9 Å². The van der Waals surface area contributed by atoms with Crippen LogP contribution in [0, 0.1) is 11.8 Å². The molecule has 1 aromatic carbocycles. The number of benzene rings is 1. The van der Waals surface area contributed by atoms with Crippen molar-refractivity contribution in [2.45, 2.75) is 152 Å². The monoisotopic (exact) mass is 1120 g/mol. The molecule has 2 bridgehead atoms. The summed E-state index contributed by atoms with van der Waals surface area (Å²) in [7, 11) is -1.02. The lowest BCUT2D eigenvalue weighted by molar-refractivity contribution is -0.147. The van der Waals surface area contributed by atoms with Gasteiger partial charge in [-0.1, -0.05) is 27.2 Å². The second kappa shape index (κ2) is 27.2. The quantitative estimate of drug-likeness (QED) is 0.0610. The highest BCUT2D eigenvalue weighted by molar-refractivity contribution is 7.85. The standard InChI is InChI=1S/C50H75N11O16S/c1-8-26(2)40-44(71)54-20-38(67)55-34-24-78(75)47-31(30-13-12-29(76-7)16-35(30)60(47)15-11-9-10-14-52-48(74)77-49(4,5)6)17-32(42(69)53-21-39(68)58-40)56-45(72)41(27(3)36(65)23-62)59-50(25-63)19-28(64)22-61(50)46(73)33(18-37(51)66)57-43(34)70/h12-13,16,25-28,32-34,36,40-41,59,62,64-65H,8-11,14-15,17-24H2,1-7H3,(H2,51,66)(H,52,74)(H,53,69)(H,54,71)(H,55,67)(H,56,72)(H,57,70)(H,58,68)/t26-,27-,28+,32?,33-,34?,36-,40-,41-,50-,78+/m0/s1. The molecule has 3 aliphatic heterocycles. The predicted molar refractivity (Wildman–Crippen MR) is 279 cm³/mol. The lowest BCUT2D eigenvalue weighted by Crippen LogP contribution is -2.69. The number of unbranched alkanes of at least 4 members (excludes halogenated alkanes) is 2. The number of ether oxygens (including phenoxy) is 2. The Morgan fingerprint density at radius 2 is 1.62 bits per heavy atom. The molecule has 2 unspecified atom stereocenters. The molecule has 0 radical (unpaired) electrons. The van der Waals surface area contributed by atoms with E-state index in [0.717, 1.165) is 4.90 Å². The van der Waals surface area contributed by atoms with Gasteiger partial charge in [0.15, 0.2) is 11.9 Å². The highest BCUT2D eigenvalue weighted by Gasteiger charge is 2.53. The molecule has 0 aliphatic carbocycles. The smallest absolute Gasteiger partial charge is 0.407 e. The van der Waals surface area contributed by atoms with E-state index in [1.807, 2.05) is 0 Å². The number of aromatic nitrogens is 1. The first-order valence-corrected chi connectivity index (χ1v) is 27.2. The third kappa shape index (κ3) is 15.7. The summed E-state index contributed by atoms with van der Waals surface area (Å²) in [5.41, 5.74) is 3.08. The van der Waals surface area contributed by atoms with Crippen LogP contribution in [0.4, 0.5) is 4.79 Å². The number of carbonyl (C=O) groups is 10. The van der Waals surface area contributed by atoms with Crippen molar-refractivity contribution < 1.29 is 76.9 Å². The highest BCUT2D eigenvalue weighted by atomic mass is 32.2. The van der Waals surface area contributed by atoms with Gasteiger partial charge in [0, 0.05) is 49.8 Å². The number of alkyl carbamates (subject to hydrolysis) is 1. The Balaban J connectivity index is 1.79. The molecule has 27 nitrogen and oxygen atoms in total. The predicted octanol–water partition coefficient (Wildman–Crippen LogP) is -3.45. The first-order chi connectivity index (χ1) is 36.8. The van der Waals surface area contributed by atoms with Gasteiger partial charge >= 0.3 is 6.09 Å². The summed E-state index contributed by atoms with van der Waals surface area (Å²) in [6.07, 6.45) is -4.00. The number of fused-ring (bicyclic) bond motifs is 5. The molecule has 78 heavy (non-hydrogen) atoms. The number of nitrogens with one attached hydrogen (secondary N) is 8. The number of hydrogen-bond donors (Lipinski definition) is 12. The Hall–Kier alpha value is -6.75. The largest absolute Gasteiger partial charge is 0.497 e. The van der Waals surface area contributed by atoms with Gasteiger partial charge in [0.1, 0.15) is 40.5 Å². The first-order valence-electron chi connectivity index (χ1n) is 25.9. The van der Waals surface area contributed by atoms with Crippen molar-refractivity contribution in [2.75, 3.05) is 45.6 Å². The number of aliphatic hydroxyl groups is 3. The van der Waals surface area contributed by atoms with Crippen LogP contribution in [0.1, 0.15) is 85.6 Å². The highest BCUT2D eigenvalue weighted by Crippen LogP contribution is 2.35. The zero-order valence-electron chi connectivity index (χ0n) is 44.9. The average molecular weight is 1120 g/mol. The summed E-state index contributed by atoms with van der Waals surface area (Å²) in [6, 6.07) is -3.81. The van der Waals surface area contributed by atoms with Crippen LogP contribution in [0.5, 0.6) is 5.75 Å². The fourth-order valence-electron chi connectivity index (χ4n) is 9.52. The van der Waals surface area contributed by atoms with E-state index >= 15 is 9.00 Å². The van der Waals surface area contributed by atoms with Gasteiger partial charge in [-0.25, -0.2) is 4.79 Å². The van der Waals surface area contributed by atoms with Crippen molar-refractivity contribution in [3.63, 3.8) is 0 Å². The fourth-order valence-corrected chi connectivity index (χ4v) is 11.1. The first kappa shape index (κ1) is 62.1. The van der Waals surface area contributed by atoms with Gasteiger partial charge in [-0.15, -0.1) is 0 Å². The van der Waals surface area contributed by atoms with E-state index in [1.165, 1.54) is 14.0 Å². The maximum Gasteiger partial charge on any atom is 0.407 e. The van der Waals surface area contributed by atoms with Gasteiger partial charge in [-0.3, -0.25) is 52.7 Å². The third-order valence-corrected chi connectivity index (χ3v) is 15.4. The van der Waals surface area contributed by atoms with E-state index < -0.39 is 181 Å². The number of aryl methyl sites for hydroxylation is 1. The second-order valence-electron chi connectivity index (χ2n) is 20.9. The average Bonchev–Trinajstić information content (AvgIpc) is 3.99. The zero-order valence-corrected chi connectivity index (χ0v) is 45.8. The Morgan fingerprint density at radius 1 is 0.936 bits per heavy atom. The topological polar surface area (TPSA) is 397 Å². The fraction of sp³-hybridized carbons (Fsp3) is 0.640. The maximum atomic E-state index is 15.6. The summed E-state index contributed by atoms with van der Waals surface area (Å²) in [6.45, 7) is 7.10. The molecule has 1 fully saturated rings. The summed E-state index contributed by atoms with van der Waals surface area (Å²) in [5, 5.41) is 53.3. The molecule has 11 atom stereocenters. The summed E-state index contributed by atoms with van der Waals surface area (Å²) < 4.78 is 28.2. The molecule has 0 spiro atoms. The number of primary amides is 1. The van der Waals surface area contributed by atoms with Crippen LogP contribution in [-0.4, -0.2) is 188 Å². The molecule has 4 heterocycles. The van der Waals surface area contributed by atoms with E-state index in [0.29, 0.717) is 42.3 Å². The lowest BCUT2D eigenvalue weighted by atomic mass is 9.92. The summed E-state index contributed by atoms with van der Waals surface area (Å²) in [5.74, 6) is -10.7. The molecular weight excluding hydrogens is 1040 g/mol. The zero-order chi connectivity index (χ0) is 57.8. The molecule has 28 heteroatoms. The number of hydrogen-bond acceptors (Lipinski definition) is 17. The Bertz CT molecular complexity index is 2610. The molecule has 0 saturated carbocycles. The van der Waals surface area contributed by atoms with Gasteiger partial charge < -0.3 is 77.2 Å². The van der Waals surface area contributed by atoms with Gasteiger partial charge in [-0.05, 0) is 63.6 Å². The normalized spacial score (nSPS) is 26.4. The number of nitrogens with two attached hydrogens (primary N) is 1. The van der Waals surface area contributed by atoms with Crippen molar-refractivity contribution in [1.29, 1.82) is 0 Å². The lowest BCUT2D eigenvalue weighted by Gasteiger charge is -2.41. The van der Waals surface area contributed by atoms with Gasteiger partial charge in [0.25, 0.3) is 0 Å². The van der Waals surface area contributed by atoms with Gasteiger partial charge in [-0.2, -0.15) is 0 Å². The summed E-state index contributed by atoms with van der Waals surface area (Å²) >= 11 is 0.